The SMILES string of the molecule is CC1(C)CCC(C)(C)c2cc(N(C(=O)CO)c3ccc(C(=O)O)c(O)c3)ccc21. The molecule has 0 fully saturated rings. The van der Waals surface area contributed by atoms with Crippen molar-refractivity contribution in [1.82, 2.24) is 0 Å². The molecule has 29 heavy (non-hydrogen) atoms. The molecular weight excluding hydrogens is 370 g/mol. The van der Waals surface area contributed by atoms with Gasteiger partial charge in [0.15, 0.2) is 0 Å². The van der Waals surface area contributed by atoms with Gasteiger partial charge >= 0.3 is 5.97 Å². The maximum Gasteiger partial charge on any atom is 0.339 e. The van der Waals surface area contributed by atoms with Gasteiger partial charge in [0.25, 0.3) is 5.91 Å². The Hall–Kier alpha value is -2.86. The van der Waals surface area contributed by atoms with Gasteiger partial charge in [0.1, 0.15) is 17.9 Å². The largest absolute Gasteiger partial charge is 0.507 e. The predicted octanol–water partition coefficient (Wildman–Crippen LogP) is 4.10. The smallest absolute Gasteiger partial charge is 0.339 e. The van der Waals surface area contributed by atoms with Gasteiger partial charge < -0.3 is 15.3 Å². The zero-order valence-electron chi connectivity index (χ0n) is 17.2. The monoisotopic (exact) mass is 397 g/mol. The number of phenols is 1. The number of aliphatic hydroxyl groups is 1. The van der Waals surface area contributed by atoms with Gasteiger partial charge in [-0.2, -0.15) is 0 Å². The first-order valence-corrected chi connectivity index (χ1v) is 9.63. The van der Waals surface area contributed by atoms with Crippen molar-refractivity contribution in [3.63, 3.8) is 0 Å². The lowest BCUT2D eigenvalue weighted by molar-refractivity contribution is -0.120. The molecule has 154 valence electrons. The van der Waals surface area contributed by atoms with Gasteiger partial charge in [-0.1, -0.05) is 33.8 Å². The van der Waals surface area contributed by atoms with E-state index in [1.165, 1.54) is 28.7 Å². The van der Waals surface area contributed by atoms with Crippen LogP contribution in [-0.2, 0) is 15.6 Å². The van der Waals surface area contributed by atoms with Gasteiger partial charge in [-0.25, -0.2) is 4.79 Å². The molecular formula is C23H27NO5. The molecule has 3 N–H and O–H groups in total. The number of amides is 1. The molecule has 1 aliphatic rings. The number of hydrogen-bond donors (Lipinski definition) is 3. The van der Waals surface area contributed by atoms with Gasteiger partial charge in [-0.3, -0.25) is 9.69 Å². The summed E-state index contributed by atoms with van der Waals surface area (Å²) >= 11 is 0. The Labute approximate surface area is 170 Å². The third kappa shape index (κ3) is 3.72. The van der Waals surface area contributed by atoms with Crippen molar-refractivity contribution in [3.8, 4) is 5.75 Å². The number of anilines is 2. The highest BCUT2D eigenvalue weighted by Crippen LogP contribution is 2.47. The van der Waals surface area contributed by atoms with E-state index in [1.54, 1.807) is 0 Å². The molecule has 0 atom stereocenters. The van der Waals surface area contributed by atoms with E-state index in [2.05, 4.69) is 27.7 Å². The van der Waals surface area contributed by atoms with Crippen molar-refractivity contribution < 1.29 is 24.9 Å². The molecule has 0 saturated heterocycles. The number of carboxylic acid groups (broad SMARTS) is 1. The number of fused-ring (bicyclic) bond motifs is 1. The van der Waals surface area contributed by atoms with Gasteiger partial charge in [-0.15, -0.1) is 0 Å². The highest BCUT2D eigenvalue weighted by molar-refractivity contribution is 6.02. The molecule has 0 bridgehead atoms. The van der Waals surface area contributed by atoms with Crippen LogP contribution in [0.25, 0.3) is 0 Å². The fourth-order valence-electron chi connectivity index (χ4n) is 4.06. The van der Waals surface area contributed by atoms with Crippen LogP contribution in [0.5, 0.6) is 5.75 Å². The summed E-state index contributed by atoms with van der Waals surface area (Å²) in [6.07, 6.45) is 2.08. The number of benzene rings is 2. The van der Waals surface area contributed by atoms with Crippen molar-refractivity contribution >= 4 is 23.3 Å². The molecule has 0 heterocycles. The summed E-state index contributed by atoms with van der Waals surface area (Å²) in [4.78, 5) is 25.1. The van der Waals surface area contributed by atoms with Crippen LogP contribution in [-0.4, -0.2) is 33.8 Å². The minimum atomic E-state index is -1.26. The number of nitrogens with zero attached hydrogens (tertiary/aromatic N) is 1. The van der Waals surface area contributed by atoms with Crippen LogP contribution in [0.3, 0.4) is 0 Å². The highest BCUT2D eigenvalue weighted by atomic mass is 16.4. The zero-order chi connectivity index (χ0) is 21.6. The first-order chi connectivity index (χ1) is 13.5. The van der Waals surface area contributed by atoms with E-state index in [1.807, 2.05) is 18.2 Å². The maximum atomic E-state index is 12.6. The summed E-state index contributed by atoms with van der Waals surface area (Å²) in [5, 5.41) is 28.7. The number of hydrogen-bond acceptors (Lipinski definition) is 4. The standard InChI is InChI=1S/C23H27NO5/c1-22(2)9-10-23(3,4)18-11-14(6-8-17(18)22)24(20(27)13-25)15-5-7-16(21(28)29)19(26)12-15/h5-8,11-12,25-26H,9-10,13H2,1-4H3,(H,28,29). The number of aliphatic hydroxyl groups excluding tert-OH is 1. The molecule has 3 rings (SSSR count). The van der Waals surface area contributed by atoms with Crippen molar-refractivity contribution in [3.05, 3.63) is 53.1 Å². The Morgan fingerprint density at radius 1 is 0.931 bits per heavy atom. The quantitative estimate of drug-likeness (QED) is 0.722. The lowest BCUT2D eigenvalue weighted by atomic mass is 9.63. The van der Waals surface area contributed by atoms with E-state index in [-0.39, 0.29) is 16.4 Å². The van der Waals surface area contributed by atoms with Crippen LogP contribution < -0.4 is 4.90 Å². The lowest BCUT2D eigenvalue weighted by Crippen LogP contribution is -2.35. The normalized spacial score (nSPS) is 16.7. The van der Waals surface area contributed by atoms with E-state index in [4.69, 9.17) is 5.11 Å². The van der Waals surface area contributed by atoms with Crippen LogP contribution in [0, 0.1) is 0 Å². The zero-order valence-corrected chi connectivity index (χ0v) is 17.2. The summed E-state index contributed by atoms with van der Waals surface area (Å²) < 4.78 is 0. The van der Waals surface area contributed by atoms with Crippen LogP contribution in [0.1, 0.15) is 62.0 Å². The molecule has 0 unspecified atom stereocenters. The van der Waals surface area contributed by atoms with Gasteiger partial charge in [0.2, 0.25) is 0 Å². The number of carboxylic acids is 1. The molecule has 2 aromatic rings. The minimum absolute atomic E-state index is 0.0244. The van der Waals surface area contributed by atoms with Crippen LogP contribution in [0.2, 0.25) is 0 Å². The van der Waals surface area contributed by atoms with Crippen molar-refractivity contribution in [2.45, 2.75) is 51.4 Å². The Morgan fingerprint density at radius 2 is 1.48 bits per heavy atom. The number of aromatic hydroxyl groups is 1. The number of carbonyl (C=O) groups is 2. The molecule has 6 heteroatoms. The second-order valence-electron chi connectivity index (χ2n) is 8.89. The minimum Gasteiger partial charge on any atom is -0.507 e. The van der Waals surface area contributed by atoms with E-state index in [0.29, 0.717) is 11.4 Å². The summed E-state index contributed by atoms with van der Waals surface area (Å²) in [7, 11) is 0. The van der Waals surface area contributed by atoms with Gasteiger partial charge in [-0.05, 0) is 59.1 Å². The Kier molecular flexibility index (Phi) is 5.17. The van der Waals surface area contributed by atoms with Gasteiger partial charge in [0, 0.05) is 11.8 Å². The second kappa shape index (κ2) is 7.19. The third-order valence-electron chi connectivity index (χ3n) is 5.95. The highest BCUT2D eigenvalue weighted by Gasteiger charge is 2.37. The first kappa shape index (κ1) is 20.9. The molecule has 0 aliphatic heterocycles. The fourth-order valence-corrected chi connectivity index (χ4v) is 4.06. The summed E-state index contributed by atoms with van der Waals surface area (Å²) in [6, 6.07) is 9.74. The van der Waals surface area contributed by atoms with Crippen LogP contribution in [0.15, 0.2) is 36.4 Å². The van der Waals surface area contributed by atoms with E-state index in [9.17, 15) is 19.8 Å². The van der Waals surface area contributed by atoms with E-state index >= 15 is 0 Å². The lowest BCUT2D eigenvalue weighted by Gasteiger charge is -2.42. The van der Waals surface area contributed by atoms with Crippen molar-refractivity contribution in [2.75, 3.05) is 11.5 Å². The molecule has 0 aromatic heterocycles. The predicted molar refractivity (Wildman–Crippen MR) is 111 cm³/mol. The molecule has 2 aromatic carbocycles. The second-order valence-corrected chi connectivity index (χ2v) is 8.89. The van der Waals surface area contributed by atoms with Crippen LogP contribution >= 0.6 is 0 Å². The van der Waals surface area contributed by atoms with Crippen molar-refractivity contribution in [2.24, 2.45) is 0 Å². The molecule has 1 amide bonds. The van der Waals surface area contributed by atoms with Crippen molar-refractivity contribution in [1.29, 1.82) is 0 Å². The molecule has 0 saturated carbocycles. The fraction of sp³-hybridized carbons (Fsp3) is 0.391. The summed E-state index contributed by atoms with van der Waals surface area (Å²) in [5.74, 6) is -2.27. The van der Waals surface area contributed by atoms with Crippen LogP contribution in [0.4, 0.5) is 11.4 Å². The Morgan fingerprint density at radius 3 is 2.03 bits per heavy atom. The maximum absolute atomic E-state index is 12.6. The number of rotatable bonds is 4. The number of carbonyl (C=O) groups excluding carboxylic acids is 1. The first-order valence-electron chi connectivity index (χ1n) is 9.63. The molecule has 0 spiro atoms. The summed E-state index contributed by atoms with van der Waals surface area (Å²) in [6.45, 7) is 8.06. The number of aromatic carboxylic acids is 1. The van der Waals surface area contributed by atoms with E-state index in [0.717, 1.165) is 18.4 Å². The average molecular weight is 397 g/mol. The molecule has 0 radical (unpaired) electrons. The van der Waals surface area contributed by atoms with E-state index < -0.39 is 24.2 Å². The summed E-state index contributed by atoms with van der Waals surface area (Å²) in [5.41, 5.74) is 2.95. The Balaban J connectivity index is 2.16. The van der Waals surface area contributed by atoms with Gasteiger partial charge in [0.05, 0.1) is 5.69 Å². The topological polar surface area (TPSA) is 98.1 Å². The third-order valence-corrected chi connectivity index (χ3v) is 5.95. The Bertz CT molecular complexity index is 977. The molecule has 1 aliphatic carbocycles. The average Bonchev–Trinajstić information content (AvgIpc) is 2.65. The molecule has 6 nitrogen and oxygen atoms in total.